The zero-order valence-electron chi connectivity index (χ0n) is 21.8. The fraction of sp³-hybridized carbons (Fsp3) is 0.0909. The van der Waals surface area contributed by atoms with E-state index >= 15 is 0 Å². The lowest BCUT2D eigenvalue weighted by atomic mass is 10.1. The van der Waals surface area contributed by atoms with Crippen LogP contribution < -0.4 is 13.6 Å². The number of hydrogen-bond donors (Lipinski definition) is 0. The summed E-state index contributed by atoms with van der Waals surface area (Å²) in [6.07, 6.45) is 0. The van der Waals surface area contributed by atoms with Crippen LogP contribution in [0.25, 0.3) is 11.1 Å². The minimum atomic E-state index is -3.93. The van der Waals surface area contributed by atoms with Gasteiger partial charge in [0.2, 0.25) is 0 Å². The van der Waals surface area contributed by atoms with Gasteiger partial charge in [0.1, 0.15) is 17.2 Å². The van der Waals surface area contributed by atoms with Crippen molar-refractivity contribution in [3.63, 3.8) is 0 Å². The average Bonchev–Trinajstić information content (AvgIpc) is 2.94. The molecule has 0 unspecified atom stereocenters. The molecule has 0 amide bonds. The smallest absolute Gasteiger partial charge is 0.386 e. The fourth-order valence-corrected chi connectivity index (χ4v) is 4.75. The molecular formula is C33H31O4P. The maximum absolute atomic E-state index is 13.3. The first-order valence-corrected chi connectivity index (χ1v) is 13.8. The van der Waals surface area contributed by atoms with E-state index in [1.165, 1.54) is 11.1 Å². The van der Waals surface area contributed by atoms with Crippen LogP contribution >= 0.6 is 7.82 Å². The molecule has 0 aliphatic rings. The van der Waals surface area contributed by atoms with Gasteiger partial charge in [0.15, 0.2) is 0 Å². The van der Waals surface area contributed by atoms with Crippen LogP contribution in [0.3, 0.4) is 0 Å². The van der Waals surface area contributed by atoms with E-state index in [-0.39, 0.29) is 0 Å². The second-order valence-corrected chi connectivity index (χ2v) is 10.3. The van der Waals surface area contributed by atoms with Gasteiger partial charge in [-0.05, 0) is 68.3 Å². The summed E-state index contributed by atoms with van der Waals surface area (Å²) in [4.78, 5) is 0. The van der Waals surface area contributed by atoms with Crippen LogP contribution in [0.15, 0.2) is 133 Å². The molecule has 5 heteroatoms. The average molecular weight is 523 g/mol. The minimum Gasteiger partial charge on any atom is -0.386 e. The number of phosphoric acid groups is 1. The van der Waals surface area contributed by atoms with E-state index in [4.69, 9.17) is 13.6 Å². The van der Waals surface area contributed by atoms with Crippen LogP contribution in [0.4, 0.5) is 0 Å². The molecule has 5 aromatic carbocycles. The van der Waals surface area contributed by atoms with Gasteiger partial charge in [-0.2, -0.15) is 4.57 Å². The van der Waals surface area contributed by atoms with Gasteiger partial charge in [0.25, 0.3) is 0 Å². The highest BCUT2D eigenvalue weighted by atomic mass is 31.2. The van der Waals surface area contributed by atoms with Crippen LogP contribution in [-0.4, -0.2) is 0 Å². The number of rotatable bonds is 7. The van der Waals surface area contributed by atoms with Crippen molar-refractivity contribution in [1.82, 2.24) is 0 Å². The lowest BCUT2D eigenvalue weighted by Crippen LogP contribution is -2.07. The predicted molar refractivity (Wildman–Crippen MR) is 155 cm³/mol. The van der Waals surface area contributed by atoms with Gasteiger partial charge in [-0.3, -0.25) is 0 Å². The summed E-state index contributed by atoms with van der Waals surface area (Å²) in [5.41, 5.74) is 5.78. The molecule has 0 fully saturated rings. The van der Waals surface area contributed by atoms with E-state index in [2.05, 4.69) is 48.5 Å². The van der Waals surface area contributed by atoms with E-state index in [9.17, 15) is 4.57 Å². The standard InChI is InChI=1S/C21H21O4P.C12H10/c1-16-4-10-19(11-5-16)23-26(22,24-20-12-6-17(2)7-13-20)25-21-14-8-18(3)9-15-21;1-3-7-11(8-4-1)12-9-5-2-6-10-12/h4-15H,1-3H3;1-10H. The molecule has 0 saturated carbocycles. The van der Waals surface area contributed by atoms with E-state index in [0.717, 1.165) is 16.7 Å². The Morgan fingerprint density at radius 2 is 0.658 bits per heavy atom. The molecule has 0 aliphatic carbocycles. The normalized spacial score (nSPS) is 10.6. The van der Waals surface area contributed by atoms with Crippen LogP contribution in [-0.2, 0) is 4.57 Å². The lowest BCUT2D eigenvalue weighted by Gasteiger charge is -2.19. The maximum Gasteiger partial charge on any atom is 0.647 e. The summed E-state index contributed by atoms with van der Waals surface area (Å²) in [5.74, 6) is 1.24. The first-order chi connectivity index (χ1) is 18.4. The quantitative estimate of drug-likeness (QED) is 0.200. The summed E-state index contributed by atoms with van der Waals surface area (Å²) in [5, 5.41) is 0. The van der Waals surface area contributed by atoms with Crippen molar-refractivity contribution in [2.45, 2.75) is 20.8 Å². The molecule has 0 aliphatic heterocycles. The highest BCUT2D eigenvalue weighted by Gasteiger charge is 2.33. The van der Waals surface area contributed by atoms with Gasteiger partial charge in [-0.1, -0.05) is 114 Å². The zero-order chi connectivity index (χ0) is 26.8. The summed E-state index contributed by atoms with van der Waals surface area (Å²) < 4.78 is 30.2. The monoisotopic (exact) mass is 522 g/mol. The summed E-state index contributed by atoms with van der Waals surface area (Å²) in [6, 6.07) is 42.4. The maximum atomic E-state index is 13.3. The van der Waals surface area contributed by atoms with Crippen molar-refractivity contribution in [3.05, 3.63) is 150 Å². The van der Waals surface area contributed by atoms with Crippen molar-refractivity contribution in [2.75, 3.05) is 0 Å². The number of hydrogen-bond acceptors (Lipinski definition) is 4. The molecule has 38 heavy (non-hydrogen) atoms. The van der Waals surface area contributed by atoms with Gasteiger partial charge in [0, 0.05) is 0 Å². The van der Waals surface area contributed by atoms with Crippen molar-refractivity contribution >= 4 is 7.82 Å². The Balaban J connectivity index is 0.000000232. The van der Waals surface area contributed by atoms with Crippen LogP contribution in [0.5, 0.6) is 17.2 Å². The molecule has 0 saturated heterocycles. The van der Waals surface area contributed by atoms with Crippen molar-refractivity contribution in [1.29, 1.82) is 0 Å². The molecule has 0 bridgehead atoms. The Kier molecular flexibility index (Phi) is 9.02. The molecule has 0 atom stereocenters. The van der Waals surface area contributed by atoms with Crippen molar-refractivity contribution in [2.24, 2.45) is 0 Å². The molecular weight excluding hydrogens is 491 g/mol. The summed E-state index contributed by atoms with van der Waals surface area (Å²) in [6.45, 7) is 5.90. The number of benzene rings is 5. The molecule has 4 nitrogen and oxygen atoms in total. The summed E-state index contributed by atoms with van der Waals surface area (Å²) >= 11 is 0. The Bertz CT molecular complexity index is 1290. The third kappa shape index (κ3) is 8.12. The second kappa shape index (κ2) is 12.8. The molecule has 0 N–H and O–H groups in total. The lowest BCUT2D eigenvalue weighted by molar-refractivity contribution is 0.298. The van der Waals surface area contributed by atoms with E-state index in [1.807, 2.05) is 69.3 Å². The van der Waals surface area contributed by atoms with E-state index in [1.54, 1.807) is 36.4 Å². The highest BCUT2D eigenvalue weighted by Crippen LogP contribution is 2.49. The van der Waals surface area contributed by atoms with Gasteiger partial charge in [-0.15, -0.1) is 0 Å². The third-order valence-corrected chi connectivity index (χ3v) is 6.90. The minimum absolute atomic E-state index is 0.415. The number of phosphoric ester groups is 1. The van der Waals surface area contributed by atoms with Crippen LogP contribution in [0.1, 0.15) is 16.7 Å². The van der Waals surface area contributed by atoms with Gasteiger partial charge in [-0.25, -0.2) is 0 Å². The van der Waals surface area contributed by atoms with Crippen molar-refractivity contribution < 1.29 is 18.1 Å². The first kappa shape index (κ1) is 26.8. The summed E-state index contributed by atoms with van der Waals surface area (Å²) in [7, 11) is -3.93. The highest BCUT2D eigenvalue weighted by molar-refractivity contribution is 7.49. The molecule has 5 aromatic rings. The molecule has 0 aromatic heterocycles. The molecule has 0 radical (unpaired) electrons. The predicted octanol–water partition coefficient (Wildman–Crippen LogP) is 9.61. The van der Waals surface area contributed by atoms with Crippen LogP contribution in [0.2, 0.25) is 0 Å². The Morgan fingerprint density at radius 1 is 0.395 bits per heavy atom. The topological polar surface area (TPSA) is 44.8 Å². The van der Waals surface area contributed by atoms with E-state index < -0.39 is 7.82 Å². The van der Waals surface area contributed by atoms with Gasteiger partial charge < -0.3 is 13.6 Å². The SMILES string of the molecule is Cc1ccc(OP(=O)(Oc2ccc(C)cc2)Oc2ccc(C)cc2)cc1.c1ccc(-c2ccccc2)cc1. The second-order valence-electron chi connectivity index (χ2n) is 8.89. The van der Waals surface area contributed by atoms with Gasteiger partial charge in [0.05, 0.1) is 0 Å². The molecule has 5 rings (SSSR count). The Hall–Kier alpha value is -4.27. The molecule has 192 valence electrons. The fourth-order valence-electron chi connectivity index (χ4n) is 3.50. The first-order valence-electron chi connectivity index (χ1n) is 12.4. The zero-order valence-corrected chi connectivity index (χ0v) is 22.7. The van der Waals surface area contributed by atoms with Gasteiger partial charge >= 0.3 is 7.82 Å². The molecule has 0 spiro atoms. The third-order valence-electron chi connectivity index (χ3n) is 5.60. The largest absolute Gasteiger partial charge is 0.647 e. The Labute approximate surface area is 225 Å². The Morgan fingerprint density at radius 3 is 0.921 bits per heavy atom. The number of aryl methyl sites for hydroxylation is 3. The van der Waals surface area contributed by atoms with Crippen molar-refractivity contribution in [3.8, 4) is 28.4 Å². The van der Waals surface area contributed by atoms with Crippen LogP contribution in [0, 0.1) is 20.8 Å². The molecule has 0 heterocycles. The van der Waals surface area contributed by atoms with E-state index in [0.29, 0.717) is 17.2 Å².